The Balaban J connectivity index is 1.38. The van der Waals surface area contributed by atoms with Gasteiger partial charge in [-0.25, -0.2) is 4.98 Å². The summed E-state index contributed by atoms with van der Waals surface area (Å²) in [6, 6.07) is 5.42. The van der Waals surface area contributed by atoms with Crippen LogP contribution in [0.1, 0.15) is 6.42 Å². The van der Waals surface area contributed by atoms with Gasteiger partial charge in [0, 0.05) is 25.2 Å². The quantitative estimate of drug-likeness (QED) is 0.171. The normalized spacial score (nSPS) is 38.8. The van der Waals surface area contributed by atoms with Crippen LogP contribution in [0.5, 0.6) is 0 Å². The van der Waals surface area contributed by atoms with E-state index in [1.807, 2.05) is 24.3 Å². The Morgan fingerprint density at radius 1 is 1.06 bits per heavy atom. The Hall–Kier alpha value is -1.91. The fraction of sp³-hybridized carbons (Fsp3) is 0.667. The number of aromatic nitrogens is 2. The largest absolute Gasteiger partial charge is 0.389 e. The number of para-hydroxylation sites is 2. The number of aromatic amines is 1. The maximum absolute atomic E-state index is 10.7. The van der Waals surface area contributed by atoms with Gasteiger partial charge in [-0.3, -0.25) is 0 Å². The summed E-state index contributed by atoms with van der Waals surface area (Å²) < 4.78 is 17.6. The molecule has 2 heterocycles. The molecule has 34 heavy (non-hydrogen) atoms. The number of nitrogens with one attached hydrogen (secondary N) is 2. The zero-order valence-electron chi connectivity index (χ0n) is 18.7. The highest BCUT2D eigenvalue weighted by molar-refractivity contribution is 5.77. The Kier molecular flexibility index (Phi) is 7.99. The number of hydrogen-bond acceptors (Lipinski definition) is 12. The van der Waals surface area contributed by atoms with Crippen LogP contribution in [-0.2, 0) is 14.2 Å². The first-order chi connectivity index (χ1) is 16.3. The minimum absolute atomic E-state index is 0.0393. The lowest BCUT2D eigenvalue weighted by molar-refractivity contribution is -0.290. The van der Waals surface area contributed by atoms with Gasteiger partial charge in [-0.1, -0.05) is 12.1 Å². The summed E-state index contributed by atoms with van der Waals surface area (Å²) in [5.74, 6) is 0.595. The monoisotopic (exact) mass is 481 g/mol. The second-order valence-corrected chi connectivity index (χ2v) is 8.86. The van der Waals surface area contributed by atoms with Gasteiger partial charge in [0.05, 0.1) is 29.8 Å². The molecule has 1 saturated heterocycles. The van der Waals surface area contributed by atoms with Crippen molar-refractivity contribution in [3.8, 4) is 0 Å². The fourth-order valence-corrected chi connectivity index (χ4v) is 4.47. The number of aliphatic hydroxyl groups excluding tert-OH is 3. The van der Waals surface area contributed by atoms with Gasteiger partial charge in [0.15, 0.2) is 6.29 Å². The number of H-pyrrole nitrogens is 1. The van der Waals surface area contributed by atoms with E-state index in [-0.39, 0.29) is 19.6 Å². The Bertz CT molecular complexity index is 899. The van der Waals surface area contributed by atoms with E-state index < -0.39 is 61.0 Å². The Morgan fingerprint density at radius 2 is 1.82 bits per heavy atom. The first kappa shape index (κ1) is 25.2. The average molecular weight is 482 g/mol. The molecule has 13 heteroatoms. The standard InChI is InChI=1S/C21H35N7O6/c22-8-13-16(30)17(31)14(25)20(33-13)34-18-10(24)7-9(23)15(29)19(18)32-6-5-26-21-27-11-3-1-2-4-12(11)28-21/h1-4,9-10,13-20,29-31H,5-8,22-25H2,(H2,26,27,28)/t9-,10+,13-,14-,15+,16-,17-,18-,19-,20-/m1/s1. The number of aliphatic hydroxyl groups is 3. The summed E-state index contributed by atoms with van der Waals surface area (Å²) in [5, 5.41) is 34.2. The predicted octanol–water partition coefficient (Wildman–Crippen LogP) is -3.10. The van der Waals surface area contributed by atoms with Crippen LogP contribution in [0, 0.1) is 0 Å². The van der Waals surface area contributed by atoms with Gasteiger partial charge >= 0.3 is 0 Å². The zero-order chi connectivity index (χ0) is 24.4. The predicted molar refractivity (Wildman–Crippen MR) is 123 cm³/mol. The van der Waals surface area contributed by atoms with E-state index in [4.69, 9.17) is 37.1 Å². The van der Waals surface area contributed by atoms with Crippen molar-refractivity contribution in [3.63, 3.8) is 0 Å². The van der Waals surface area contributed by atoms with Crippen molar-refractivity contribution < 1.29 is 29.5 Å². The lowest BCUT2D eigenvalue weighted by Crippen LogP contribution is -2.67. The van der Waals surface area contributed by atoms with Crippen LogP contribution in [0.3, 0.4) is 0 Å². The van der Waals surface area contributed by atoms with E-state index >= 15 is 0 Å². The van der Waals surface area contributed by atoms with E-state index in [0.29, 0.717) is 12.5 Å². The summed E-state index contributed by atoms with van der Waals surface area (Å²) in [6.45, 7) is 0.546. The zero-order valence-corrected chi connectivity index (χ0v) is 18.7. The molecular formula is C21H35N7O6. The molecule has 0 unspecified atom stereocenters. The third-order valence-electron chi connectivity index (χ3n) is 6.43. The molecule has 13 nitrogen and oxygen atoms in total. The van der Waals surface area contributed by atoms with Gasteiger partial charge in [-0.05, 0) is 18.6 Å². The van der Waals surface area contributed by atoms with E-state index in [9.17, 15) is 15.3 Å². The third kappa shape index (κ3) is 5.18. The summed E-state index contributed by atoms with van der Waals surface area (Å²) in [6.07, 6.45) is -6.96. The Morgan fingerprint density at radius 3 is 2.56 bits per heavy atom. The van der Waals surface area contributed by atoms with Crippen molar-refractivity contribution in [3.05, 3.63) is 24.3 Å². The first-order valence-electron chi connectivity index (χ1n) is 11.4. The molecule has 0 spiro atoms. The number of anilines is 1. The van der Waals surface area contributed by atoms with Crippen LogP contribution in [0.4, 0.5) is 5.95 Å². The molecule has 190 valence electrons. The van der Waals surface area contributed by atoms with Gasteiger partial charge in [-0.2, -0.15) is 0 Å². The number of ether oxygens (including phenoxy) is 3. The SMILES string of the molecule is NC[C@H]1O[C@H](O[C@H]2[C@H](OCCNc3nc4ccccc4[nH]3)[C@@H](O)[C@H](N)C[C@@H]2N)[C@H](N)[C@@H](O)[C@@H]1O. The third-order valence-corrected chi connectivity index (χ3v) is 6.43. The number of hydrogen-bond donors (Lipinski definition) is 9. The van der Waals surface area contributed by atoms with Crippen LogP contribution in [0.25, 0.3) is 11.0 Å². The molecule has 1 aliphatic carbocycles. The average Bonchev–Trinajstić information content (AvgIpc) is 3.24. The number of rotatable bonds is 8. The molecule has 10 atom stereocenters. The van der Waals surface area contributed by atoms with Gasteiger partial charge in [0.25, 0.3) is 0 Å². The van der Waals surface area contributed by atoms with E-state index in [1.165, 1.54) is 0 Å². The number of imidazole rings is 1. The van der Waals surface area contributed by atoms with Gasteiger partial charge in [-0.15, -0.1) is 0 Å². The van der Waals surface area contributed by atoms with Crippen molar-refractivity contribution in [1.82, 2.24) is 9.97 Å². The molecule has 2 fully saturated rings. The smallest absolute Gasteiger partial charge is 0.201 e. The number of nitrogens with two attached hydrogens (primary N) is 4. The second-order valence-electron chi connectivity index (χ2n) is 8.86. The first-order valence-corrected chi connectivity index (χ1v) is 11.4. The van der Waals surface area contributed by atoms with Gasteiger partial charge in [0.1, 0.15) is 30.5 Å². The van der Waals surface area contributed by atoms with Crippen molar-refractivity contribution in [2.45, 2.75) is 67.5 Å². The van der Waals surface area contributed by atoms with Crippen LogP contribution < -0.4 is 28.3 Å². The minimum Gasteiger partial charge on any atom is -0.389 e. The second kappa shape index (κ2) is 10.8. The summed E-state index contributed by atoms with van der Waals surface area (Å²) in [4.78, 5) is 7.61. The molecule has 1 aromatic carbocycles. The highest BCUT2D eigenvalue weighted by Gasteiger charge is 2.48. The molecule has 2 aromatic rings. The van der Waals surface area contributed by atoms with Crippen molar-refractivity contribution >= 4 is 17.0 Å². The molecule has 1 aliphatic heterocycles. The van der Waals surface area contributed by atoms with Gasteiger partial charge < -0.3 is 62.8 Å². The molecule has 4 rings (SSSR count). The maximum Gasteiger partial charge on any atom is 0.201 e. The molecule has 1 aromatic heterocycles. The van der Waals surface area contributed by atoms with E-state index in [2.05, 4.69) is 15.3 Å². The number of nitrogens with zero attached hydrogens (tertiary/aromatic N) is 1. The molecule has 0 radical (unpaired) electrons. The van der Waals surface area contributed by atoms with Crippen LogP contribution in [0.2, 0.25) is 0 Å². The Labute approximate surface area is 196 Å². The summed E-state index contributed by atoms with van der Waals surface area (Å²) in [7, 11) is 0. The van der Waals surface area contributed by atoms with E-state index in [1.54, 1.807) is 0 Å². The van der Waals surface area contributed by atoms with Crippen LogP contribution in [0.15, 0.2) is 24.3 Å². The highest BCUT2D eigenvalue weighted by atomic mass is 16.7. The number of fused-ring (bicyclic) bond motifs is 1. The fourth-order valence-electron chi connectivity index (χ4n) is 4.47. The van der Waals surface area contributed by atoms with Crippen molar-refractivity contribution in [2.75, 3.05) is 25.0 Å². The molecule has 2 aliphatic rings. The summed E-state index contributed by atoms with van der Waals surface area (Å²) in [5.41, 5.74) is 25.8. The van der Waals surface area contributed by atoms with Crippen LogP contribution in [-0.4, -0.2) is 106 Å². The van der Waals surface area contributed by atoms with Gasteiger partial charge in [0.2, 0.25) is 5.95 Å². The van der Waals surface area contributed by atoms with E-state index in [0.717, 1.165) is 11.0 Å². The minimum atomic E-state index is -1.30. The number of benzene rings is 1. The highest BCUT2D eigenvalue weighted by Crippen LogP contribution is 2.28. The van der Waals surface area contributed by atoms with Crippen molar-refractivity contribution in [1.29, 1.82) is 0 Å². The molecular weight excluding hydrogens is 446 g/mol. The molecule has 1 saturated carbocycles. The molecule has 0 amide bonds. The topological polar surface area (TPSA) is 233 Å². The van der Waals surface area contributed by atoms with Crippen molar-refractivity contribution in [2.24, 2.45) is 22.9 Å². The summed E-state index contributed by atoms with van der Waals surface area (Å²) >= 11 is 0. The maximum atomic E-state index is 10.7. The lowest BCUT2D eigenvalue weighted by atomic mass is 9.84. The van der Waals surface area contributed by atoms with Crippen LogP contribution >= 0.6 is 0 Å². The molecule has 0 bridgehead atoms. The lowest BCUT2D eigenvalue weighted by Gasteiger charge is -2.46. The molecule has 13 N–H and O–H groups in total.